The van der Waals surface area contributed by atoms with Crippen molar-refractivity contribution in [1.29, 1.82) is 0 Å². The van der Waals surface area contributed by atoms with Crippen molar-refractivity contribution in [2.24, 2.45) is 0 Å². The average Bonchev–Trinajstić information content (AvgIpc) is 2.59. The van der Waals surface area contributed by atoms with Gasteiger partial charge in [0, 0.05) is 0 Å². The maximum absolute atomic E-state index is 13.0. The van der Waals surface area contributed by atoms with Crippen LogP contribution >= 0.6 is 0 Å². The Morgan fingerprint density at radius 1 is 1.12 bits per heavy atom. The maximum Gasteiger partial charge on any atom is 0.307 e. The summed E-state index contributed by atoms with van der Waals surface area (Å²) in [6, 6.07) is 12.1. The zero-order chi connectivity index (χ0) is 17.8. The lowest BCUT2D eigenvalue weighted by Crippen LogP contribution is -2.11. The van der Waals surface area contributed by atoms with Crippen LogP contribution in [-0.2, 0) is 16.8 Å². The topological polar surface area (TPSA) is 92.3 Å². The fourth-order valence-electron chi connectivity index (χ4n) is 2.24. The minimum Gasteiger partial charge on any atom is -0.451 e. The smallest absolute Gasteiger partial charge is 0.307 e. The number of hydrogen-bond donors (Lipinski definition) is 2. The summed E-state index contributed by atoms with van der Waals surface area (Å²) in [5, 5.41) is 6.08. The molecule has 8 heteroatoms. The van der Waals surface area contributed by atoms with E-state index in [1.54, 1.807) is 24.3 Å². The molecule has 1 aromatic heterocycles. The summed E-state index contributed by atoms with van der Waals surface area (Å²) in [6.07, 6.45) is 1.44. The minimum atomic E-state index is -1.93. The Labute approximate surface area is 144 Å². The number of hydrogen-bond acceptors (Lipinski definition) is 4. The molecule has 2 aromatic carbocycles. The van der Waals surface area contributed by atoms with Crippen LogP contribution in [-0.4, -0.2) is 19.0 Å². The van der Waals surface area contributed by atoms with E-state index in [1.165, 1.54) is 30.5 Å². The van der Waals surface area contributed by atoms with E-state index in [0.717, 1.165) is 0 Å². The Morgan fingerprint density at radius 3 is 2.44 bits per heavy atom. The fraction of sp³-hybridized carbons (Fsp3) is 0.0588. The van der Waals surface area contributed by atoms with Crippen molar-refractivity contribution in [2.75, 3.05) is 0 Å². The van der Waals surface area contributed by atoms with Crippen molar-refractivity contribution in [3.8, 4) is 22.6 Å². The van der Waals surface area contributed by atoms with Crippen molar-refractivity contribution in [1.82, 2.24) is 10.2 Å². The molecule has 25 heavy (non-hydrogen) atoms. The summed E-state index contributed by atoms with van der Waals surface area (Å²) in [5.41, 5.74) is 1.26. The summed E-state index contributed by atoms with van der Waals surface area (Å²) in [6.45, 7) is 0. The van der Waals surface area contributed by atoms with Gasteiger partial charge >= 0.3 is 5.56 Å². The zero-order valence-corrected chi connectivity index (χ0v) is 13.6. The van der Waals surface area contributed by atoms with E-state index in [1.807, 2.05) is 0 Å². The molecule has 0 fully saturated rings. The lowest BCUT2D eigenvalue weighted by molar-refractivity contribution is 0.472. The molecule has 0 amide bonds. The van der Waals surface area contributed by atoms with Crippen LogP contribution in [0, 0.1) is 5.82 Å². The molecule has 0 radical (unpaired) electrons. The van der Waals surface area contributed by atoms with Crippen LogP contribution in [0.5, 0.6) is 11.5 Å². The highest BCUT2D eigenvalue weighted by molar-refractivity contribution is 7.78. The normalized spacial score (nSPS) is 11.9. The van der Waals surface area contributed by atoms with E-state index in [4.69, 9.17) is 9.29 Å². The standard InChI is InChI=1S/C17H13FN2O4S/c18-13-5-7-14(8-6-13)24-16-15(9-19-20-17(16)21)12-3-1-11(2-4-12)10-25(22)23/h1-9H,10H2,(H,20,21)(H,22,23). The molecule has 1 heterocycles. The highest BCUT2D eigenvalue weighted by Crippen LogP contribution is 2.29. The van der Waals surface area contributed by atoms with E-state index >= 15 is 0 Å². The monoisotopic (exact) mass is 360 g/mol. The van der Waals surface area contributed by atoms with E-state index < -0.39 is 22.5 Å². The second-order valence-corrected chi connectivity index (χ2v) is 6.09. The Hall–Kier alpha value is -2.84. The van der Waals surface area contributed by atoms with Crippen molar-refractivity contribution in [2.45, 2.75) is 5.75 Å². The van der Waals surface area contributed by atoms with Crippen molar-refractivity contribution >= 4 is 11.1 Å². The number of aromatic amines is 1. The molecule has 3 aromatic rings. The molecular weight excluding hydrogens is 347 g/mol. The van der Waals surface area contributed by atoms with Gasteiger partial charge in [0.1, 0.15) is 11.6 Å². The average molecular weight is 360 g/mol. The first kappa shape index (κ1) is 17.0. The Balaban J connectivity index is 1.96. The quantitative estimate of drug-likeness (QED) is 0.682. The first-order chi connectivity index (χ1) is 12.0. The van der Waals surface area contributed by atoms with Crippen molar-refractivity contribution < 1.29 is 17.9 Å². The molecule has 0 bridgehead atoms. The van der Waals surface area contributed by atoms with E-state index in [-0.39, 0.29) is 11.5 Å². The molecule has 0 saturated carbocycles. The summed E-state index contributed by atoms with van der Waals surface area (Å²) >= 11 is -1.93. The van der Waals surface area contributed by atoms with E-state index in [9.17, 15) is 13.4 Å². The van der Waals surface area contributed by atoms with E-state index in [0.29, 0.717) is 22.4 Å². The number of nitrogens with one attached hydrogen (secondary N) is 1. The molecule has 128 valence electrons. The van der Waals surface area contributed by atoms with E-state index in [2.05, 4.69) is 10.2 Å². The van der Waals surface area contributed by atoms with Gasteiger partial charge in [-0.05, 0) is 35.4 Å². The number of nitrogens with zero attached hydrogens (tertiary/aromatic N) is 1. The van der Waals surface area contributed by atoms with Gasteiger partial charge in [-0.3, -0.25) is 4.79 Å². The Morgan fingerprint density at radius 2 is 1.80 bits per heavy atom. The molecule has 1 unspecified atom stereocenters. The first-order valence-corrected chi connectivity index (χ1v) is 8.48. The van der Waals surface area contributed by atoms with Crippen molar-refractivity contribution in [3.05, 3.63) is 76.5 Å². The predicted octanol–water partition coefficient (Wildman–Crippen LogP) is 3.09. The second kappa shape index (κ2) is 7.37. The van der Waals surface area contributed by atoms with Gasteiger partial charge in [0.15, 0.2) is 11.1 Å². The third kappa shape index (κ3) is 4.17. The molecular formula is C17H13FN2O4S. The number of ether oxygens (including phenoxy) is 1. The zero-order valence-electron chi connectivity index (χ0n) is 12.8. The fourth-order valence-corrected chi connectivity index (χ4v) is 2.72. The number of aromatic nitrogens is 2. The Bertz CT molecular complexity index is 956. The summed E-state index contributed by atoms with van der Waals surface area (Å²) in [4.78, 5) is 12.1. The van der Waals surface area contributed by atoms with Crippen LogP contribution in [0.25, 0.3) is 11.1 Å². The molecule has 0 spiro atoms. The molecule has 3 rings (SSSR count). The molecule has 6 nitrogen and oxygen atoms in total. The summed E-state index contributed by atoms with van der Waals surface area (Å²) in [5.74, 6) is -0.0489. The van der Waals surface area contributed by atoms with Crippen LogP contribution in [0.4, 0.5) is 4.39 Å². The minimum absolute atomic E-state index is 0.0207. The number of halogens is 1. The van der Waals surface area contributed by atoms with Crippen LogP contribution in [0.15, 0.2) is 59.5 Å². The number of benzene rings is 2. The highest BCUT2D eigenvalue weighted by Gasteiger charge is 2.13. The third-order valence-corrected chi connectivity index (χ3v) is 3.98. The van der Waals surface area contributed by atoms with Gasteiger partial charge in [-0.15, -0.1) is 0 Å². The summed E-state index contributed by atoms with van der Waals surface area (Å²) < 4.78 is 38.4. The molecule has 0 aliphatic carbocycles. The maximum atomic E-state index is 13.0. The molecule has 0 saturated heterocycles. The van der Waals surface area contributed by atoms with Gasteiger partial charge in [-0.2, -0.15) is 5.10 Å². The van der Waals surface area contributed by atoms with Crippen LogP contribution in [0.2, 0.25) is 0 Å². The predicted molar refractivity (Wildman–Crippen MR) is 91.2 cm³/mol. The highest BCUT2D eigenvalue weighted by atomic mass is 32.2. The van der Waals surface area contributed by atoms with Gasteiger partial charge in [0.2, 0.25) is 5.75 Å². The molecule has 0 aliphatic rings. The number of rotatable bonds is 5. The lowest BCUT2D eigenvalue weighted by Gasteiger charge is -2.10. The van der Waals surface area contributed by atoms with Crippen molar-refractivity contribution in [3.63, 3.8) is 0 Å². The van der Waals surface area contributed by atoms with Crippen LogP contribution < -0.4 is 10.3 Å². The molecule has 1 atom stereocenters. The number of H-pyrrole nitrogens is 1. The summed E-state index contributed by atoms with van der Waals surface area (Å²) in [7, 11) is 0. The first-order valence-electron chi connectivity index (χ1n) is 7.21. The molecule has 0 aliphatic heterocycles. The Kier molecular flexibility index (Phi) is 5.01. The lowest BCUT2D eigenvalue weighted by atomic mass is 10.1. The van der Waals surface area contributed by atoms with Crippen LogP contribution in [0.3, 0.4) is 0 Å². The molecule has 2 N–H and O–H groups in total. The van der Waals surface area contributed by atoms with Gasteiger partial charge in [0.25, 0.3) is 0 Å². The SMILES string of the molecule is O=c1[nH]ncc(-c2ccc(CS(=O)O)cc2)c1Oc1ccc(F)cc1. The largest absolute Gasteiger partial charge is 0.451 e. The van der Waals surface area contributed by atoms with Crippen LogP contribution in [0.1, 0.15) is 5.56 Å². The second-order valence-electron chi connectivity index (χ2n) is 5.16. The van der Waals surface area contributed by atoms with Gasteiger partial charge < -0.3 is 9.29 Å². The van der Waals surface area contributed by atoms with Gasteiger partial charge in [-0.1, -0.05) is 24.3 Å². The van der Waals surface area contributed by atoms with Gasteiger partial charge in [-0.25, -0.2) is 13.7 Å². The van der Waals surface area contributed by atoms with Gasteiger partial charge in [0.05, 0.1) is 17.5 Å². The third-order valence-electron chi connectivity index (χ3n) is 3.40.